The highest BCUT2D eigenvalue weighted by molar-refractivity contribution is 5.81. The zero-order chi connectivity index (χ0) is 18.3. The third-order valence-electron chi connectivity index (χ3n) is 4.91. The molecule has 1 rings (SSSR count). The van der Waals surface area contributed by atoms with E-state index in [-0.39, 0.29) is 17.5 Å². The number of carbonyl (C=O) groups is 2. The van der Waals surface area contributed by atoms with Crippen molar-refractivity contribution in [2.75, 3.05) is 0 Å². The molecule has 1 N–H and O–H groups in total. The van der Waals surface area contributed by atoms with E-state index in [2.05, 4.69) is 34.6 Å². The summed E-state index contributed by atoms with van der Waals surface area (Å²) >= 11 is 0. The van der Waals surface area contributed by atoms with Crippen molar-refractivity contribution in [1.29, 1.82) is 0 Å². The van der Waals surface area contributed by atoms with Crippen molar-refractivity contribution in [2.45, 2.75) is 92.1 Å². The summed E-state index contributed by atoms with van der Waals surface area (Å²) in [4.78, 5) is 24.0. The first-order valence-corrected chi connectivity index (χ1v) is 9.57. The van der Waals surface area contributed by atoms with Gasteiger partial charge in [-0.2, -0.15) is 0 Å². The van der Waals surface area contributed by atoms with Gasteiger partial charge in [0.1, 0.15) is 6.10 Å². The third-order valence-corrected chi connectivity index (χ3v) is 4.91. The van der Waals surface area contributed by atoms with Crippen LogP contribution >= 0.6 is 0 Å². The van der Waals surface area contributed by atoms with Gasteiger partial charge >= 0.3 is 11.9 Å². The van der Waals surface area contributed by atoms with Gasteiger partial charge in [0.2, 0.25) is 0 Å². The van der Waals surface area contributed by atoms with E-state index in [0.717, 1.165) is 38.5 Å². The van der Waals surface area contributed by atoms with Gasteiger partial charge in [-0.25, -0.2) is 0 Å². The number of hydrogen-bond donors (Lipinski definition) is 1. The second kappa shape index (κ2) is 9.43. The summed E-state index contributed by atoms with van der Waals surface area (Å²) in [7, 11) is 0. The first-order chi connectivity index (χ1) is 11.1. The molecule has 1 fully saturated rings. The van der Waals surface area contributed by atoms with Gasteiger partial charge in [0.25, 0.3) is 0 Å². The number of hydrogen-bond acceptors (Lipinski definition) is 3. The predicted octanol–water partition coefficient (Wildman–Crippen LogP) is 5.05. The molecule has 140 valence electrons. The van der Waals surface area contributed by atoms with Crippen molar-refractivity contribution in [2.24, 2.45) is 23.2 Å². The van der Waals surface area contributed by atoms with Crippen LogP contribution in [-0.4, -0.2) is 23.1 Å². The SMILES string of the molecule is CCCC(CC(C)CC(C)(C)C)OC(=O)C1CCCCC1C(=O)O. The molecule has 0 amide bonds. The van der Waals surface area contributed by atoms with E-state index in [9.17, 15) is 14.7 Å². The average Bonchev–Trinajstić information content (AvgIpc) is 2.45. The summed E-state index contributed by atoms with van der Waals surface area (Å²) in [6.07, 6.45) is 6.73. The Kier molecular flexibility index (Phi) is 8.24. The maximum Gasteiger partial charge on any atom is 0.310 e. The zero-order valence-electron chi connectivity index (χ0n) is 16.1. The van der Waals surface area contributed by atoms with E-state index >= 15 is 0 Å². The Morgan fingerprint density at radius 3 is 2.25 bits per heavy atom. The molecule has 0 aliphatic heterocycles. The van der Waals surface area contributed by atoms with Crippen molar-refractivity contribution in [1.82, 2.24) is 0 Å². The minimum atomic E-state index is -0.857. The molecule has 0 aromatic heterocycles. The third kappa shape index (κ3) is 7.23. The fraction of sp³-hybridized carbons (Fsp3) is 0.900. The lowest BCUT2D eigenvalue weighted by atomic mass is 9.79. The summed E-state index contributed by atoms with van der Waals surface area (Å²) in [5.74, 6) is -1.70. The largest absolute Gasteiger partial charge is 0.481 e. The Balaban J connectivity index is 2.65. The molecule has 0 aromatic carbocycles. The van der Waals surface area contributed by atoms with Crippen molar-refractivity contribution in [3.8, 4) is 0 Å². The van der Waals surface area contributed by atoms with Crippen LogP contribution < -0.4 is 0 Å². The van der Waals surface area contributed by atoms with Gasteiger partial charge < -0.3 is 9.84 Å². The molecule has 4 heteroatoms. The molecule has 4 unspecified atom stereocenters. The first kappa shape index (κ1) is 21.0. The molecule has 24 heavy (non-hydrogen) atoms. The molecule has 1 aliphatic carbocycles. The molecule has 0 radical (unpaired) electrons. The van der Waals surface area contributed by atoms with Gasteiger partial charge in [0, 0.05) is 0 Å². The number of carboxylic acid groups (broad SMARTS) is 1. The van der Waals surface area contributed by atoms with Crippen LogP contribution in [0.5, 0.6) is 0 Å². The maximum absolute atomic E-state index is 12.6. The van der Waals surface area contributed by atoms with Crippen LogP contribution in [0.15, 0.2) is 0 Å². The molecule has 0 aromatic rings. The number of carbonyl (C=O) groups excluding carboxylic acids is 1. The van der Waals surface area contributed by atoms with Crippen molar-refractivity contribution < 1.29 is 19.4 Å². The zero-order valence-corrected chi connectivity index (χ0v) is 16.1. The van der Waals surface area contributed by atoms with Gasteiger partial charge in [0.05, 0.1) is 11.8 Å². The van der Waals surface area contributed by atoms with Gasteiger partial charge in [-0.05, 0) is 43.4 Å². The van der Waals surface area contributed by atoms with Crippen LogP contribution in [0.3, 0.4) is 0 Å². The Labute approximate surface area is 147 Å². The van der Waals surface area contributed by atoms with E-state index in [1.807, 2.05) is 0 Å². The van der Waals surface area contributed by atoms with Crippen molar-refractivity contribution in [3.63, 3.8) is 0 Å². The molecule has 0 heterocycles. The normalized spacial score (nSPS) is 24.2. The standard InChI is InChI=1S/C20H36O4/c1-6-9-15(12-14(2)13-20(3,4)5)24-19(23)17-11-8-7-10-16(17)18(21)22/h14-17H,6-13H2,1-5H3,(H,21,22). The Morgan fingerprint density at radius 2 is 1.75 bits per heavy atom. The second-order valence-corrected chi connectivity index (χ2v) is 8.79. The quantitative estimate of drug-likeness (QED) is 0.628. The molecule has 1 aliphatic rings. The lowest BCUT2D eigenvalue weighted by molar-refractivity contribution is -0.164. The van der Waals surface area contributed by atoms with E-state index in [4.69, 9.17) is 4.74 Å². The summed E-state index contributed by atoms with van der Waals surface area (Å²) in [5, 5.41) is 9.36. The second-order valence-electron chi connectivity index (χ2n) is 8.79. The number of esters is 1. The number of ether oxygens (including phenoxy) is 1. The highest BCUT2D eigenvalue weighted by Crippen LogP contribution is 2.33. The molecule has 1 saturated carbocycles. The number of rotatable bonds is 8. The smallest absolute Gasteiger partial charge is 0.310 e. The van der Waals surface area contributed by atoms with Crippen LogP contribution in [0.25, 0.3) is 0 Å². The van der Waals surface area contributed by atoms with Crippen LogP contribution in [-0.2, 0) is 14.3 Å². The summed E-state index contributed by atoms with van der Waals surface area (Å²) in [6, 6.07) is 0. The van der Waals surface area contributed by atoms with E-state index in [1.54, 1.807) is 0 Å². The summed E-state index contributed by atoms with van der Waals surface area (Å²) < 4.78 is 5.79. The maximum atomic E-state index is 12.6. The van der Waals surface area contributed by atoms with Crippen LogP contribution in [0.1, 0.15) is 86.0 Å². The molecular weight excluding hydrogens is 304 g/mol. The monoisotopic (exact) mass is 340 g/mol. The van der Waals surface area contributed by atoms with Crippen LogP contribution in [0.4, 0.5) is 0 Å². The van der Waals surface area contributed by atoms with Crippen LogP contribution in [0.2, 0.25) is 0 Å². The van der Waals surface area contributed by atoms with Gasteiger partial charge in [-0.1, -0.05) is 53.9 Å². The summed E-state index contributed by atoms with van der Waals surface area (Å²) in [5.41, 5.74) is 0.262. The highest BCUT2D eigenvalue weighted by atomic mass is 16.5. The Hall–Kier alpha value is -1.06. The molecule has 0 spiro atoms. The lowest BCUT2D eigenvalue weighted by Crippen LogP contribution is -2.36. The molecule has 0 saturated heterocycles. The van der Waals surface area contributed by atoms with E-state index in [1.165, 1.54) is 0 Å². The Bertz CT molecular complexity index is 410. The average molecular weight is 341 g/mol. The fourth-order valence-electron chi connectivity index (χ4n) is 4.08. The highest BCUT2D eigenvalue weighted by Gasteiger charge is 2.37. The van der Waals surface area contributed by atoms with Gasteiger partial charge in [-0.15, -0.1) is 0 Å². The molecule has 0 bridgehead atoms. The molecule has 4 atom stereocenters. The summed E-state index contributed by atoms with van der Waals surface area (Å²) in [6.45, 7) is 11.0. The molecule has 4 nitrogen and oxygen atoms in total. The van der Waals surface area contributed by atoms with Crippen molar-refractivity contribution >= 4 is 11.9 Å². The lowest BCUT2D eigenvalue weighted by Gasteiger charge is -2.30. The van der Waals surface area contributed by atoms with E-state index < -0.39 is 17.8 Å². The van der Waals surface area contributed by atoms with E-state index in [0.29, 0.717) is 18.8 Å². The first-order valence-electron chi connectivity index (χ1n) is 9.57. The number of carboxylic acids is 1. The molecular formula is C20H36O4. The Morgan fingerprint density at radius 1 is 1.17 bits per heavy atom. The van der Waals surface area contributed by atoms with Crippen molar-refractivity contribution in [3.05, 3.63) is 0 Å². The van der Waals surface area contributed by atoms with Gasteiger partial charge in [0.15, 0.2) is 0 Å². The van der Waals surface area contributed by atoms with Crippen LogP contribution in [0, 0.1) is 23.2 Å². The minimum absolute atomic E-state index is 0.0868. The fourth-order valence-corrected chi connectivity index (χ4v) is 4.08. The predicted molar refractivity (Wildman–Crippen MR) is 95.7 cm³/mol. The topological polar surface area (TPSA) is 63.6 Å². The van der Waals surface area contributed by atoms with Gasteiger partial charge in [-0.3, -0.25) is 9.59 Å². The minimum Gasteiger partial charge on any atom is -0.481 e. The number of aliphatic carboxylic acids is 1.